The maximum Gasteiger partial charge on any atom is 0.390 e. The molecule has 0 bridgehead atoms. The van der Waals surface area contributed by atoms with Gasteiger partial charge in [0.05, 0.1) is 24.7 Å². The first-order valence-electron chi connectivity index (χ1n) is 12.7. The summed E-state index contributed by atoms with van der Waals surface area (Å²) in [6, 6.07) is 12.2. The van der Waals surface area contributed by atoms with Gasteiger partial charge in [0.15, 0.2) is 17.3 Å². The Morgan fingerprint density at radius 2 is 1.85 bits per heavy atom. The summed E-state index contributed by atoms with van der Waals surface area (Å²) in [5.74, 6) is -1.43. The molecule has 7 nitrogen and oxygen atoms in total. The number of rotatable bonds is 9. The van der Waals surface area contributed by atoms with E-state index in [9.17, 15) is 27.2 Å². The molecule has 11 heteroatoms. The zero-order valence-corrected chi connectivity index (χ0v) is 21.7. The van der Waals surface area contributed by atoms with Crippen molar-refractivity contribution in [2.24, 2.45) is 0 Å². The predicted molar refractivity (Wildman–Crippen MR) is 142 cm³/mol. The van der Waals surface area contributed by atoms with E-state index < -0.39 is 30.7 Å². The van der Waals surface area contributed by atoms with Crippen molar-refractivity contribution in [1.82, 2.24) is 14.9 Å². The van der Waals surface area contributed by atoms with Crippen LogP contribution in [0.1, 0.15) is 51.1 Å². The van der Waals surface area contributed by atoms with Crippen molar-refractivity contribution in [3.8, 4) is 11.4 Å². The number of hydrogen-bond acceptors (Lipinski definition) is 5. The molecule has 0 saturated heterocycles. The van der Waals surface area contributed by atoms with E-state index in [-0.39, 0.29) is 34.5 Å². The lowest BCUT2D eigenvalue weighted by Crippen LogP contribution is -2.26. The lowest BCUT2D eigenvalue weighted by atomic mass is 10.0. The number of halogens is 4. The minimum Gasteiger partial charge on any atom is -0.494 e. The fourth-order valence-electron chi connectivity index (χ4n) is 4.44. The second-order valence-electron chi connectivity index (χ2n) is 9.72. The molecule has 1 fully saturated rings. The van der Waals surface area contributed by atoms with E-state index in [0.717, 1.165) is 24.5 Å². The van der Waals surface area contributed by atoms with Crippen LogP contribution in [0.15, 0.2) is 54.9 Å². The van der Waals surface area contributed by atoms with Gasteiger partial charge in [-0.15, -0.1) is 0 Å². The van der Waals surface area contributed by atoms with E-state index >= 15 is 0 Å². The Balaban J connectivity index is 1.55. The molecular weight excluding hydrogens is 528 g/mol. The van der Waals surface area contributed by atoms with Crippen molar-refractivity contribution in [2.75, 3.05) is 19.0 Å². The number of hydrogen-bond donors (Lipinski definition) is 2. The number of aromatic nitrogens is 2. The van der Waals surface area contributed by atoms with Crippen LogP contribution in [0, 0.1) is 12.7 Å². The molecule has 1 aliphatic rings. The first kappa shape index (κ1) is 27.2. The first-order chi connectivity index (χ1) is 19.0. The lowest BCUT2D eigenvalue weighted by molar-refractivity contribution is -0.131. The van der Waals surface area contributed by atoms with Gasteiger partial charge in [0.25, 0.3) is 5.91 Å². The molecule has 0 unspecified atom stereocenters. The second kappa shape index (κ2) is 10.6. The van der Waals surface area contributed by atoms with E-state index in [2.05, 4.69) is 15.6 Å². The summed E-state index contributed by atoms with van der Waals surface area (Å²) in [7, 11) is 1.31. The van der Waals surface area contributed by atoms with E-state index in [1.165, 1.54) is 31.6 Å². The highest BCUT2D eigenvalue weighted by Gasteiger charge is 2.27. The molecule has 1 heterocycles. The molecule has 1 aliphatic carbocycles. The highest BCUT2D eigenvalue weighted by molar-refractivity contribution is 6.12. The van der Waals surface area contributed by atoms with Crippen molar-refractivity contribution in [3.05, 3.63) is 82.9 Å². The Morgan fingerprint density at radius 1 is 1.07 bits per heavy atom. The molecule has 0 radical (unpaired) electrons. The average Bonchev–Trinajstić information content (AvgIpc) is 3.61. The second-order valence-corrected chi connectivity index (χ2v) is 9.72. The standard InChI is InChI=1S/C29H26F4N4O3/c1-16-11-20(6-7-21(16)28(39)36-19-4-5-19)37-15-35-26-23(34-10-9-29(31,32)33)13-18(14-24(26)37)27(38)17-3-8-25(40-2)22(30)12-17/h3,6-8,11-15,19,34H,4-5,9-10H2,1-2H3,(H,36,39). The summed E-state index contributed by atoms with van der Waals surface area (Å²) in [5.41, 5.74) is 3.11. The van der Waals surface area contributed by atoms with Crippen LogP contribution in [0.2, 0.25) is 0 Å². The fraction of sp³-hybridized carbons (Fsp3) is 0.276. The molecule has 2 N–H and O–H groups in total. The Hall–Kier alpha value is -4.41. The number of carbonyl (C=O) groups excluding carboxylic acids is 2. The molecule has 1 aromatic heterocycles. The van der Waals surface area contributed by atoms with Gasteiger partial charge in [0, 0.05) is 35.0 Å². The normalized spacial score (nSPS) is 13.3. The van der Waals surface area contributed by atoms with Crippen LogP contribution >= 0.6 is 0 Å². The SMILES string of the molecule is COc1ccc(C(=O)c2cc(NCCC(F)(F)F)c3ncn(-c4ccc(C(=O)NC5CC5)c(C)c4)c3c2)cc1F. The molecule has 0 aliphatic heterocycles. The molecule has 208 valence electrons. The van der Waals surface area contributed by atoms with E-state index in [0.29, 0.717) is 22.3 Å². The third-order valence-electron chi connectivity index (χ3n) is 6.70. The zero-order valence-electron chi connectivity index (χ0n) is 21.7. The number of fused-ring (bicyclic) bond motifs is 1. The van der Waals surface area contributed by atoms with Crippen LogP contribution < -0.4 is 15.4 Å². The summed E-state index contributed by atoms with van der Waals surface area (Å²) >= 11 is 0. The predicted octanol–water partition coefficient (Wildman–Crippen LogP) is 5.97. The van der Waals surface area contributed by atoms with Crippen LogP contribution in [0.4, 0.5) is 23.2 Å². The van der Waals surface area contributed by atoms with Crippen LogP contribution in [0.5, 0.6) is 5.75 Å². The molecule has 1 amide bonds. The van der Waals surface area contributed by atoms with Crippen molar-refractivity contribution in [3.63, 3.8) is 0 Å². The largest absolute Gasteiger partial charge is 0.494 e. The van der Waals surface area contributed by atoms with E-state index in [4.69, 9.17) is 4.74 Å². The summed E-state index contributed by atoms with van der Waals surface area (Å²) in [6.07, 6.45) is -2.02. The first-order valence-corrected chi connectivity index (χ1v) is 12.7. The number of carbonyl (C=O) groups is 2. The number of ether oxygens (including phenoxy) is 1. The summed E-state index contributed by atoms with van der Waals surface area (Å²) in [5, 5.41) is 5.71. The molecule has 3 aromatic carbocycles. The third kappa shape index (κ3) is 5.78. The van der Waals surface area contributed by atoms with Gasteiger partial charge in [-0.3, -0.25) is 14.2 Å². The number of nitrogens with zero attached hydrogens (tertiary/aromatic N) is 2. The van der Waals surface area contributed by atoms with Crippen LogP contribution in [0.3, 0.4) is 0 Å². The summed E-state index contributed by atoms with van der Waals surface area (Å²) < 4.78 is 59.5. The molecule has 5 rings (SSSR count). The highest BCUT2D eigenvalue weighted by Crippen LogP contribution is 2.30. The number of alkyl halides is 3. The number of nitrogens with one attached hydrogen (secondary N) is 2. The summed E-state index contributed by atoms with van der Waals surface area (Å²) in [4.78, 5) is 30.4. The maximum atomic E-state index is 14.3. The van der Waals surface area contributed by atoms with Crippen LogP contribution in [-0.4, -0.2) is 47.1 Å². The number of aryl methyl sites for hydroxylation is 1. The highest BCUT2D eigenvalue weighted by atomic mass is 19.4. The molecule has 40 heavy (non-hydrogen) atoms. The lowest BCUT2D eigenvalue weighted by Gasteiger charge is -2.13. The average molecular weight is 555 g/mol. The Labute approximate surface area is 227 Å². The number of ketones is 1. The smallest absolute Gasteiger partial charge is 0.390 e. The van der Waals surface area contributed by atoms with E-state index in [1.807, 2.05) is 6.92 Å². The Kier molecular flexibility index (Phi) is 7.22. The molecule has 4 aromatic rings. The topological polar surface area (TPSA) is 85.2 Å². The number of imidazole rings is 1. The Morgan fingerprint density at radius 3 is 2.50 bits per heavy atom. The van der Waals surface area contributed by atoms with Gasteiger partial charge in [0.1, 0.15) is 11.8 Å². The quantitative estimate of drug-likeness (QED) is 0.197. The number of benzene rings is 3. The van der Waals surface area contributed by atoms with Gasteiger partial charge in [-0.25, -0.2) is 9.37 Å². The van der Waals surface area contributed by atoms with Gasteiger partial charge >= 0.3 is 6.18 Å². The summed E-state index contributed by atoms with van der Waals surface area (Å²) in [6.45, 7) is 1.38. The van der Waals surface area contributed by atoms with Gasteiger partial charge < -0.3 is 15.4 Å². The monoisotopic (exact) mass is 554 g/mol. The van der Waals surface area contributed by atoms with E-state index in [1.54, 1.807) is 28.8 Å². The number of amides is 1. The molecule has 1 saturated carbocycles. The van der Waals surface area contributed by atoms with Crippen molar-refractivity contribution in [2.45, 2.75) is 38.4 Å². The fourth-order valence-corrected chi connectivity index (χ4v) is 4.44. The van der Waals surface area contributed by atoms with Crippen molar-refractivity contribution < 1.29 is 31.9 Å². The van der Waals surface area contributed by atoms with Gasteiger partial charge in [-0.2, -0.15) is 13.2 Å². The van der Waals surface area contributed by atoms with Crippen LogP contribution in [0.25, 0.3) is 16.7 Å². The Bertz CT molecular complexity index is 1610. The minimum atomic E-state index is -4.37. The van der Waals surface area contributed by atoms with Crippen LogP contribution in [-0.2, 0) is 0 Å². The van der Waals surface area contributed by atoms with Crippen molar-refractivity contribution in [1.29, 1.82) is 0 Å². The third-order valence-corrected chi connectivity index (χ3v) is 6.70. The maximum absolute atomic E-state index is 14.3. The van der Waals surface area contributed by atoms with Gasteiger partial charge in [-0.05, 0) is 73.9 Å². The zero-order chi connectivity index (χ0) is 28.6. The molecular formula is C29H26F4N4O3. The molecule has 0 spiro atoms. The molecule has 0 atom stereocenters. The number of anilines is 1. The van der Waals surface area contributed by atoms with Gasteiger partial charge in [0.2, 0.25) is 0 Å². The minimum absolute atomic E-state index is 0.0239. The van der Waals surface area contributed by atoms with Gasteiger partial charge in [-0.1, -0.05) is 0 Å². The number of methoxy groups -OCH3 is 1. The van der Waals surface area contributed by atoms with Crippen molar-refractivity contribution >= 4 is 28.4 Å².